The molecule has 0 aromatic heterocycles. The molecule has 0 saturated carbocycles. The molecule has 4 rings (SSSR count). The molecule has 2 aliphatic heterocycles. The monoisotopic (exact) mass is 770 g/mol. The molecule has 1 aromatic carbocycles. The van der Waals surface area contributed by atoms with Gasteiger partial charge in [0, 0.05) is 66.8 Å². The minimum absolute atomic E-state index is 0. The van der Waals surface area contributed by atoms with E-state index in [4.69, 9.17) is 13.9 Å². The Kier molecular flexibility index (Phi) is 14.9. The van der Waals surface area contributed by atoms with Gasteiger partial charge >= 0.3 is 35.5 Å². The van der Waals surface area contributed by atoms with E-state index in [9.17, 15) is 35.8 Å². The molecule has 1 unspecified atom stereocenters. The van der Waals surface area contributed by atoms with E-state index in [0.29, 0.717) is 54.8 Å². The van der Waals surface area contributed by atoms with Crippen LogP contribution in [0.3, 0.4) is 0 Å². The summed E-state index contributed by atoms with van der Waals surface area (Å²) in [6.45, 7) is 10.2. The van der Waals surface area contributed by atoms with Crippen LogP contribution in [-0.4, -0.2) is 89.8 Å². The minimum atomic E-state index is -4.85. The first-order chi connectivity index (χ1) is 23.8. The van der Waals surface area contributed by atoms with Crippen molar-refractivity contribution in [2.24, 2.45) is 0 Å². The van der Waals surface area contributed by atoms with Crippen LogP contribution in [-0.2, 0) is 45.3 Å². The quantitative estimate of drug-likeness (QED) is 0.124. The molecule has 2 heterocycles. The van der Waals surface area contributed by atoms with E-state index < -0.39 is 47.7 Å². The summed E-state index contributed by atoms with van der Waals surface area (Å²) < 4.78 is 90.6. The molecule has 1 N–H and O–H groups in total. The molecule has 0 saturated heterocycles. The fourth-order valence-electron chi connectivity index (χ4n) is 6.45. The van der Waals surface area contributed by atoms with E-state index in [1.165, 1.54) is 18.2 Å². The van der Waals surface area contributed by atoms with Crippen LogP contribution in [0.1, 0.15) is 70.3 Å². The Morgan fingerprint density at radius 1 is 1.00 bits per heavy atom. The van der Waals surface area contributed by atoms with Crippen molar-refractivity contribution in [1.82, 2.24) is 4.58 Å². The van der Waals surface area contributed by atoms with Crippen molar-refractivity contribution in [1.29, 1.82) is 0 Å². The van der Waals surface area contributed by atoms with E-state index >= 15 is 0 Å². The number of hydrogen-bond donors (Lipinski definition) is 1. The fraction of sp³-hybridized carbons (Fsp3) is 0.500. The molecule has 0 radical (unpaired) electrons. The van der Waals surface area contributed by atoms with Crippen LogP contribution in [0.4, 0.5) is 5.69 Å². The summed E-state index contributed by atoms with van der Waals surface area (Å²) in [6, 6.07) is 11.8. The second-order valence-electron chi connectivity index (χ2n) is 14.0. The van der Waals surface area contributed by atoms with Crippen molar-refractivity contribution >= 4 is 38.0 Å². The summed E-state index contributed by atoms with van der Waals surface area (Å²) in [4.78, 5) is 13.0. The molecular weight excluding hydrogens is 724 g/mol. The van der Waals surface area contributed by atoms with Gasteiger partial charge in [-0.15, -0.1) is 0 Å². The number of ether oxygens (including phenoxy) is 2. The smallest absolute Gasteiger partial charge is 0.748 e. The Morgan fingerprint density at radius 3 is 2.21 bits per heavy atom. The molecule has 0 amide bonds. The number of carbonyl (C=O) groups is 1. The summed E-state index contributed by atoms with van der Waals surface area (Å²) in [7, 11) is -6.11. The maximum atomic E-state index is 12.2. The van der Waals surface area contributed by atoms with E-state index in [0.717, 1.165) is 16.5 Å². The number of hydrogen-bond acceptors (Lipinski definition) is 11. The van der Waals surface area contributed by atoms with Gasteiger partial charge in [-0.25, -0.2) is 21.4 Å². The van der Waals surface area contributed by atoms with Gasteiger partial charge in [0.2, 0.25) is 5.36 Å². The largest absolute Gasteiger partial charge is 1.00 e. The van der Waals surface area contributed by atoms with Crippen LogP contribution in [0.2, 0.25) is 0 Å². The van der Waals surface area contributed by atoms with Gasteiger partial charge in [0.05, 0.1) is 21.1 Å². The van der Waals surface area contributed by atoms with Crippen molar-refractivity contribution < 1.29 is 79.3 Å². The molecule has 1 atom stereocenters. The number of aliphatic carboxylic acids is 1. The van der Waals surface area contributed by atoms with Crippen molar-refractivity contribution in [2.75, 3.05) is 57.7 Å². The number of allylic oxidation sites excluding steroid dienone is 1. The predicted octanol–water partition coefficient (Wildman–Crippen LogP) is 0.964. The number of rotatable bonds is 16. The standard InChI is InChI=1S/C36H48N2O11S2.Na/c1-35(2,3)33-22-25(28-12-10-26(23-31(28)49-33)37(16-18-47-5)17-19-48-6)21-32-36(4,14-7-9-34(39)40)29-24-27(51(44,45)46)11-13-30(29)38(32)15-8-20-50(41,42)43;/h10-13,21-24H,7-9,14-20H2,1-6H3,(H2-,39,40,41,42,43,44,45,46);/q;+1/p-1. The number of carboxylic acid groups (broad SMARTS) is 1. The maximum Gasteiger partial charge on any atom is 1.00 e. The zero-order valence-corrected chi connectivity index (χ0v) is 34.6. The van der Waals surface area contributed by atoms with Crippen LogP contribution in [0.25, 0.3) is 17.4 Å². The Bertz CT molecular complexity index is 2030. The zero-order valence-electron chi connectivity index (χ0n) is 30.9. The van der Waals surface area contributed by atoms with Gasteiger partial charge in [0.15, 0.2) is 13.1 Å². The normalized spacial score (nSPS) is 17.0. The Hall–Kier alpha value is -2.60. The third-order valence-electron chi connectivity index (χ3n) is 9.15. The van der Waals surface area contributed by atoms with Crippen LogP contribution in [0, 0.1) is 0 Å². The minimum Gasteiger partial charge on any atom is -0.748 e. The molecule has 1 aliphatic carbocycles. The van der Waals surface area contributed by atoms with Crippen molar-refractivity contribution in [3.05, 3.63) is 70.4 Å². The SMILES string of the molecule is COCC[N+](CCOC)=c1ccc2c(/C=C3\N(CCCS(=O)(=O)[O-])c4ccc(S(=O)(=O)[O-])cc4C3(C)CCCC(=O)O)cc(C(C)(C)C)oc-2c1.[Na+]. The Balaban J connectivity index is 0.00000729. The third kappa shape index (κ3) is 10.8. The van der Waals surface area contributed by atoms with E-state index in [1.54, 1.807) is 14.2 Å². The van der Waals surface area contributed by atoms with E-state index in [1.807, 2.05) is 62.9 Å². The van der Waals surface area contributed by atoms with E-state index in [-0.39, 0.29) is 61.8 Å². The molecule has 0 spiro atoms. The average molecular weight is 771 g/mol. The van der Waals surface area contributed by atoms with Crippen molar-refractivity contribution in [3.63, 3.8) is 0 Å². The summed E-state index contributed by atoms with van der Waals surface area (Å²) in [6.07, 6.45) is 2.23. The first kappa shape index (κ1) is 43.8. The molecule has 0 fully saturated rings. The maximum absolute atomic E-state index is 12.2. The topological polar surface area (TPSA) is 190 Å². The van der Waals surface area contributed by atoms with E-state index in [2.05, 4.69) is 4.58 Å². The van der Waals surface area contributed by atoms with Gasteiger partial charge in [-0.1, -0.05) is 20.8 Å². The number of fused-ring (bicyclic) bond motifs is 2. The predicted molar refractivity (Wildman–Crippen MR) is 191 cm³/mol. The molecular formula is C36H47N2NaO11S2. The van der Waals surface area contributed by atoms with Crippen molar-refractivity contribution in [2.45, 2.75) is 69.1 Å². The molecule has 52 heavy (non-hydrogen) atoms. The number of methoxy groups -OCH3 is 2. The van der Waals surface area contributed by atoms with Crippen LogP contribution < -0.4 is 44.4 Å². The first-order valence-corrected chi connectivity index (χ1v) is 19.7. The number of nitrogens with zero attached hydrogens (tertiary/aromatic N) is 2. The molecule has 16 heteroatoms. The Morgan fingerprint density at radius 2 is 1.65 bits per heavy atom. The number of anilines is 1. The molecule has 13 nitrogen and oxygen atoms in total. The third-order valence-corrected chi connectivity index (χ3v) is 10.8. The summed E-state index contributed by atoms with van der Waals surface area (Å²) >= 11 is 0. The molecule has 3 aliphatic rings. The summed E-state index contributed by atoms with van der Waals surface area (Å²) in [5.74, 6) is -0.353. The average Bonchev–Trinajstić information content (AvgIpc) is 3.25. The second-order valence-corrected chi connectivity index (χ2v) is 16.9. The molecule has 0 bridgehead atoms. The van der Waals surface area contributed by atoms with Crippen LogP contribution in [0.15, 0.2) is 57.5 Å². The number of benzene rings is 2. The molecule has 1 aromatic rings. The van der Waals surface area contributed by atoms with Gasteiger partial charge in [0.1, 0.15) is 34.9 Å². The Labute approximate surface area is 328 Å². The van der Waals surface area contributed by atoms with Gasteiger partial charge < -0.3 is 33.0 Å². The van der Waals surface area contributed by atoms with Gasteiger partial charge in [-0.05, 0) is 73.7 Å². The summed E-state index contributed by atoms with van der Waals surface area (Å²) in [5.41, 5.74) is 1.71. The summed E-state index contributed by atoms with van der Waals surface area (Å²) in [5, 5.41) is 10.4. The van der Waals surface area contributed by atoms with Gasteiger partial charge in [-0.3, -0.25) is 4.79 Å². The van der Waals surface area contributed by atoms with Crippen LogP contribution >= 0.6 is 0 Å². The van der Waals surface area contributed by atoms with Crippen LogP contribution in [0.5, 0.6) is 0 Å². The second kappa shape index (κ2) is 17.7. The molecule has 280 valence electrons. The van der Waals surface area contributed by atoms with Crippen molar-refractivity contribution in [3.8, 4) is 11.3 Å². The zero-order chi connectivity index (χ0) is 37.8. The first-order valence-electron chi connectivity index (χ1n) is 16.7. The van der Waals surface area contributed by atoms with Gasteiger partial charge in [-0.2, -0.15) is 0 Å². The number of carboxylic acids is 1. The fourth-order valence-corrected chi connectivity index (χ4v) is 7.43. The van der Waals surface area contributed by atoms with Gasteiger partial charge in [0.25, 0.3) is 0 Å².